The van der Waals surface area contributed by atoms with E-state index in [1.807, 2.05) is 0 Å². The van der Waals surface area contributed by atoms with Crippen molar-refractivity contribution < 1.29 is 9.90 Å². The minimum atomic E-state index is -0.912. The minimum Gasteiger partial charge on any atom is -0.480 e. The standard InChI is InChI=1S/C8H8N2O2S/c1-2-4-10(6-7(11)12)8-9-3-5-13-8/h1,3,5H,4,6H2,(H,11,12). The summed E-state index contributed by atoms with van der Waals surface area (Å²) in [6.07, 6.45) is 6.72. The number of terminal acetylenes is 1. The number of carboxylic acid groups (broad SMARTS) is 1. The molecule has 0 radical (unpaired) electrons. The van der Waals surface area contributed by atoms with E-state index in [0.717, 1.165) is 0 Å². The van der Waals surface area contributed by atoms with Crippen molar-refractivity contribution in [1.29, 1.82) is 0 Å². The van der Waals surface area contributed by atoms with Gasteiger partial charge in [-0.1, -0.05) is 5.92 Å². The lowest BCUT2D eigenvalue weighted by Gasteiger charge is -2.15. The van der Waals surface area contributed by atoms with Crippen LogP contribution in [-0.2, 0) is 4.79 Å². The van der Waals surface area contributed by atoms with E-state index >= 15 is 0 Å². The van der Waals surface area contributed by atoms with Gasteiger partial charge in [0.15, 0.2) is 5.13 Å². The van der Waals surface area contributed by atoms with E-state index < -0.39 is 5.97 Å². The molecule has 0 aromatic carbocycles. The van der Waals surface area contributed by atoms with Crippen LogP contribution < -0.4 is 4.90 Å². The molecule has 0 aliphatic heterocycles. The molecule has 0 aliphatic rings. The molecule has 1 aromatic heterocycles. The number of anilines is 1. The molecular formula is C8H8N2O2S. The number of thiazole rings is 1. The Morgan fingerprint density at radius 1 is 1.85 bits per heavy atom. The molecule has 1 heterocycles. The zero-order valence-electron chi connectivity index (χ0n) is 6.80. The van der Waals surface area contributed by atoms with Crippen molar-refractivity contribution in [2.24, 2.45) is 0 Å². The molecule has 13 heavy (non-hydrogen) atoms. The fourth-order valence-corrected chi connectivity index (χ4v) is 1.48. The summed E-state index contributed by atoms with van der Waals surface area (Å²) < 4.78 is 0. The Balaban J connectivity index is 2.69. The summed E-state index contributed by atoms with van der Waals surface area (Å²) >= 11 is 1.37. The highest BCUT2D eigenvalue weighted by Gasteiger charge is 2.10. The van der Waals surface area contributed by atoms with Crippen molar-refractivity contribution in [2.45, 2.75) is 0 Å². The number of carboxylic acids is 1. The van der Waals surface area contributed by atoms with E-state index in [4.69, 9.17) is 11.5 Å². The topological polar surface area (TPSA) is 53.4 Å². The molecule has 0 spiro atoms. The molecule has 0 atom stereocenters. The molecule has 1 N–H and O–H groups in total. The Morgan fingerprint density at radius 2 is 2.62 bits per heavy atom. The molecule has 5 heteroatoms. The van der Waals surface area contributed by atoms with Gasteiger partial charge in [0.1, 0.15) is 6.54 Å². The summed E-state index contributed by atoms with van der Waals surface area (Å²) in [5.41, 5.74) is 0. The molecular weight excluding hydrogens is 188 g/mol. The van der Waals surface area contributed by atoms with Gasteiger partial charge in [-0.2, -0.15) is 0 Å². The summed E-state index contributed by atoms with van der Waals surface area (Å²) in [4.78, 5) is 16.0. The Kier molecular flexibility index (Phi) is 3.29. The van der Waals surface area contributed by atoms with Gasteiger partial charge >= 0.3 is 5.97 Å². The second-order valence-electron chi connectivity index (χ2n) is 2.27. The summed E-state index contributed by atoms with van der Waals surface area (Å²) in [7, 11) is 0. The van der Waals surface area contributed by atoms with E-state index in [1.165, 1.54) is 16.2 Å². The molecule has 68 valence electrons. The van der Waals surface area contributed by atoms with Crippen molar-refractivity contribution in [3.8, 4) is 12.3 Å². The smallest absolute Gasteiger partial charge is 0.323 e. The van der Waals surface area contributed by atoms with Crippen molar-refractivity contribution in [2.75, 3.05) is 18.0 Å². The van der Waals surface area contributed by atoms with Crippen LogP contribution in [0.1, 0.15) is 0 Å². The first kappa shape index (κ1) is 9.55. The fraction of sp³-hybridized carbons (Fsp3) is 0.250. The number of hydrogen-bond donors (Lipinski definition) is 1. The van der Waals surface area contributed by atoms with Gasteiger partial charge in [-0.25, -0.2) is 4.98 Å². The van der Waals surface area contributed by atoms with Gasteiger partial charge in [-0.3, -0.25) is 4.79 Å². The lowest BCUT2D eigenvalue weighted by molar-refractivity contribution is -0.135. The largest absolute Gasteiger partial charge is 0.480 e. The average molecular weight is 196 g/mol. The van der Waals surface area contributed by atoms with Crippen LogP contribution in [0.3, 0.4) is 0 Å². The van der Waals surface area contributed by atoms with Gasteiger partial charge in [-0.15, -0.1) is 17.8 Å². The Bertz CT molecular complexity index is 315. The van der Waals surface area contributed by atoms with Crippen LogP contribution in [0.4, 0.5) is 5.13 Å². The van der Waals surface area contributed by atoms with Crippen LogP contribution in [0.15, 0.2) is 11.6 Å². The summed E-state index contributed by atoms with van der Waals surface area (Å²) in [6, 6.07) is 0. The quantitative estimate of drug-likeness (QED) is 0.719. The van der Waals surface area contributed by atoms with E-state index in [0.29, 0.717) is 5.13 Å². The molecule has 0 bridgehead atoms. The maximum Gasteiger partial charge on any atom is 0.323 e. The van der Waals surface area contributed by atoms with Gasteiger partial charge in [0.2, 0.25) is 0 Å². The van der Waals surface area contributed by atoms with Gasteiger partial charge in [-0.05, 0) is 0 Å². The molecule has 0 saturated heterocycles. The molecule has 4 nitrogen and oxygen atoms in total. The van der Waals surface area contributed by atoms with E-state index in [-0.39, 0.29) is 13.1 Å². The monoisotopic (exact) mass is 196 g/mol. The highest BCUT2D eigenvalue weighted by atomic mass is 32.1. The lowest BCUT2D eigenvalue weighted by Crippen LogP contribution is -2.29. The number of nitrogens with zero attached hydrogens (tertiary/aromatic N) is 2. The summed E-state index contributed by atoms with van der Waals surface area (Å²) in [6.45, 7) is 0.150. The van der Waals surface area contributed by atoms with Gasteiger partial charge in [0, 0.05) is 11.6 Å². The predicted molar refractivity (Wildman–Crippen MR) is 50.8 cm³/mol. The van der Waals surface area contributed by atoms with Crippen LogP contribution in [0.2, 0.25) is 0 Å². The second-order valence-corrected chi connectivity index (χ2v) is 3.14. The summed E-state index contributed by atoms with van der Waals surface area (Å²) in [5, 5.41) is 11.0. The van der Waals surface area contributed by atoms with Gasteiger partial charge in [0.05, 0.1) is 6.54 Å². The SMILES string of the molecule is C#CCN(CC(=O)O)c1nccs1. The second kappa shape index (κ2) is 4.48. The van der Waals surface area contributed by atoms with Crippen LogP contribution in [0.25, 0.3) is 0 Å². The summed E-state index contributed by atoms with van der Waals surface area (Å²) in [5.74, 6) is 1.48. The number of hydrogen-bond acceptors (Lipinski definition) is 4. The van der Waals surface area contributed by atoms with Gasteiger partial charge < -0.3 is 10.0 Å². The maximum atomic E-state index is 10.4. The molecule has 0 fully saturated rings. The zero-order chi connectivity index (χ0) is 9.68. The Hall–Kier alpha value is -1.54. The molecule has 0 aliphatic carbocycles. The average Bonchev–Trinajstić information content (AvgIpc) is 2.54. The Labute approximate surface area is 79.8 Å². The third-order valence-corrected chi connectivity index (χ3v) is 2.13. The number of aromatic nitrogens is 1. The molecule has 1 rings (SSSR count). The maximum absolute atomic E-state index is 10.4. The highest BCUT2D eigenvalue weighted by Crippen LogP contribution is 2.16. The number of carbonyl (C=O) groups is 1. The van der Waals surface area contributed by atoms with Crippen molar-refractivity contribution >= 4 is 22.4 Å². The van der Waals surface area contributed by atoms with Crippen molar-refractivity contribution in [3.63, 3.8) is 0 Å². The highest BCUT2D eigenvalue weighted by molar-refractivity contribution is 7.13. The van der Waals surface area contributed by atoms with Crippen LogP contribution >= 0.6 is 11.3 Å². The van der Waals surface area contributed by atoms with Gasteiger partial charge in [0.25, 0.3) is 0 Å². The molecule has 0 saturated carbocycles. The number of rotatable bonds is 4. The minimum absolute atomic E-state index is 0.113. The van der Waals surface area contributed by atoms with Crippen molar-refractivity contribution in [3.05, 3.63) is 11.6 Å². The van der Waals surface area contributed by atoms with E-state index in [2.05, 4.69) is 10.9 Å². The first-order valence-electron chi connectivity index (χ1n) is 3.53. The third-order valence-electron chi connectivity index (χ3n) is 1.30. The Morgan fingerprint density at radius 3 is 3.08 bits per heavy atom. The predicted octanol–water partition coefficient (Wildman–Crippen LogP) is 0.667. The number of aliphatic carboxylic acids is 1. The van der Waals surface area contributed by atoms with Crippen LogP contribution in [0, 0.1) is 12.3 Å². The normalized spacial score (nSPS) is 9.15. The third kappa shape index (κ3) is 2.76. The molecule has 0 unspecified atom stereocenters. The zero-order valence-corrected chi connectivity index (χ0v) is 7.62. The van der Waals surface area contributed by atoms with Crippen LogP contribution in [0.5, 0.6) is 0 Å². The first-order chi connectivity index (χ1) is 6.24. The van der Waals surface area contributed by atoms with E-state index in [1.54, 1.807) is 11.6 Å². The van der Waals surface area contributed by atoms with Crippen molar-refractivity contribution in [1.82, 2.24) is 4.98 Å². The van der Waals surface area contributed by atoms with Crippen LogP contribution in [-0.4, -0.2) is 29.1 Å². The van der Waals surface area contributed by atoms with E-state index in [9.17, 15) is 4.79 Å². The lowest BCUT2D eigenvalue weighted by atomic mass is 10.5. The molecule has 1 aromatic rings. The fourth-order valence-electron chi connectivity index (χ4n) is 0.837. The first-order valence-corrected chi connectivity index (χ1v) is 4.41. The molecule has 0 amide bonds.